The molecule has 2 saturated heterocycles. The molecule has 1 N–H and O–H groups in total. The Morgan fingerprint density at radius 1 is 1.14 bits per heavy atom. The van der Waals surface area contributed by atoms with E-state index in [-0.39, 0.29) is 11.3 Å². The number of nitrogens with zero attached hydrogens (tertiary/aromatic N) is 2. The third kappa shape index (κ3) is 5.75. The molecule has 2 aliphatic heterocycles. The molecule has 2 aromatic rings. The molecule has 0 spiro atoms. The maximum Gasteiger partial charge on any atom is 0.295 e. The number of hydrogen-bond acceptors (Lipinski definition) is 6. The Balaban J connectivity index is 1.64. The fraction of sp³-hybridized carbons (Fsp3) is 0.333. The molecule has 1 atom stereocenters. The number of benzene rings is 2. The lowest BCUT2D eigenvalue weighted by Gasteiger charge is -2.29. The van der Waals surface area contributed by atoms with Gasteiger partial charge < -0.3 is 19.5 Å². The van der Waals surface area contributed by atoms with Crippen molar-refractivity contribution in [1.29, 1.82) is 0 Å². The van der Waals surface area contributed by atoms with Gasteiger partial charge in [0.1, 0.15) is 18.1 Å². The van der Waals surface area contributed by atoms with Crippen LogP contribution in [0.5, 0.6) is 5.75 Å². The molecule has 0 saturated carbocycles. The van der Waals surface area contributed by atoms with Crippen LogP contribution in [-0.2, 0) is 14.3 Å². The molecule has 1 unspecified atom stereocenters. The number of hydrogen-bond donors (Lipinski definition) is 1. The van der Waals surface area contributed by atoms with Gasteiger partial charge in [-0.15, -0.1) is 0 Å². The molecule has 2 aromatic carbocycles. The van der Waals surface area contributed by atoms with E-state index in [0.29, 0.717) is 54.7 Å². The Morgan fingerprint density at radius 3 is 2.57 bits per heavy atom. The van der Waals surface area contributed by atoms with E-state index in [1.54, 1.807) is 53.4 Å². The summed E-state index contributed by atoms with van der Waals surface area (Å²) in [7, 11) is 0. The zero-order chi connectivity index (χ0) is 24.8. The van der Waals surface area contributed by atoms with Gasteiger partial charge in [-0.25, -0.2) is 0 Å². The summed E-state index contributed by atoms with van der Waals surface area (Å²) in [6, 6.07) is 13.0. The van der Waals surface area contributed by atoms with Crippen LogP contribution in [0.2, 0.25) is 5.02 Å². The summed E-state index contributed by atoms with van der Waals surface area (Å²) in [4.78, 5) is 30.1. The zero-order valence-electron chi connectivity index (χ0n) is 19.5. The molecule has 2 fully saturated rings. The molecule has 8 heteroatoms. The van der Waals surface area contributed by atoms with E-state index in [0.717, 1.165) is 19.6 Å². The summed E-state index contributed by atoms with van der Waals surface area (Å²) in [6.45, 7) is 8.25. The molecule has 4 rings (SSSR count). The molecule has 184 valence electrons. The number of carbonyl (C=O) groups is 2. The SMILES string of the molecule is C=CCOc1ccc(/C(O)=C2/C(=O)C(=O)N(CCCN3CCOCC3)C2c2cccc(Cl)c2)cc1. The van der Waals surface area contributed by atoms with Crippen LogP contribution in [0.3, 0.4) is 0 Å². The Kier molecular flexibility index (Phi) is 8.23. The minimum absolute atomic E-state index is 0.0587. The first-order valence-corrected chi connectivity index (χ1v) is 12.1. The number of aliphatic hydroxyl groups excluding tert-OH is 1. The highest BCUT2D eigenvalue weighted by atomic mass is 35.5. The van der Waals surface area contributed by atoms with Crippen LogP contribution in [-0.4, -0.2) is 72.6 Å². The van der Waals surface area contributed by atoms with E-state index in [4.69, 9.17) is 21.1 Å². The van der Waals surface area contributed by atoms with Crippen molar-refractivity contribution in [3.05, 3.63) is 82.9 Å². The number of amides is 1. The van der Waals surface area contributed by atoms with E-state index in [2.05, 4.69) is 11.5 Å². The average Bonchev–Trinajstić information content (AvgIpc) is 3.13. The first-order chi connectivity index (χ1) is 17.0. The number of aliphatic hydroxyl groups is 1. The molecule has 0 radical (unpaired) electrons. The van der Waals surface area contributed by atoms with E-state index >= 15 is 0 Å². The maximum atomic E-state index is 13.2. The van der Waals surface area contributed by atoms with Crippen LogP contribution in [0.25, 0.3) is 5.76 Å². The number of ketones is 1. The highest BCUT2D eigenvalue weighted by Crippen LogP contribution is 2.40. The summed E-state index contributed by atoms with van der Waals surface area (Å²) in [5.41, 5.74) is 1.16. The molecule has 0 aromatic heterocycles. The second kappa shape index (κ2) is 11.5. The molecule has 0 bridgehead atoms. The van der Waals surface area contributed by atoms with Gasteiger partial charge in [-0.1, -0.05) is 36.4 Å². The van der Waals surface area contributed by atoms with Gasteiger partial charge >= 0.3 is 0 Å². The van der Waals surface area contributed by atoms with Gasteiger partial charge in [0.2, 0.25) is 0 Å². The van der Waals surface area contributed by atoms with Crippen molar-refractivity contribution in [1.82, 2.24) is 9.80 Å². The van der Waals surface area contributed by atoms with Crippen molar-refractivity contribution in [2.75, 3.05) is 46.0 Å². The zero-order valence-corrected chi connectivity index (χ0v) is 20.2. The minimum Gasteiger partial charge on any atom is -0.507 e. The first-order valence-electron chi connectivity index (χ1n) is 11.7. The predicted molar refractivity (Wildman–Crippen MR) is 134 cm³/mol. The van der Waals surface area contributed by atoms with Crippen molar-refractivity contribution >= 4 is 29.1 Å². The quantitative estimate of drug-likeness (QED) is 0.244. The van der Waals surface area contributed by atoms with Gasteiger partial charge in [-0.2, -0.15) is 0 Å². The van der Waals surface area contributed by atoms with Crippen molar-refractivity contribution in [3.63, 3.8) is 0 Å². The third-order valence-corrected chi connectivity index (χ3v) is 6.41. The van der Waals surface area contributed by atoms with Gasteiger partial charge in [0, 0.05) is 36.8 Å². The van der Waals surface area contributed by atoms with Gasteiger partial charge in [0.05, 0.1) is 24.8 Å². The fourth-order valence-electron chi connectivity index (χ4n) is 4.44. The second-order valence-corrected chi connectivity index (χ2v) is 8.92. The molecule has 2 heterocycles. The second-order valence-electron chi connectivity index (χ2n) is 8.48. The first kappa shape index (κ1) is 25.0. The summed E-state index contributed by atoms with van der Waals surface area (Å²) in [5.74, 6) is -0.939. The summed E-state index contributed by atoms with van der Waals surface area (Å²) in [6.07, 6.45) is 2.33. The van der Waals surface area contributed by atoms with E-state index in [1.165, 1.54) is 0 Å². The van der Waals surface area contributed by atoms with Crippen LogP contribution >= 0.6 is 11.6 Å². The minimum atomic E-state index is -0.727. The Labute approximate surface area is 210 Å². The highest BCUT2D eigenvalue weighted by Gasteiger charge is 2.45. The van der Waals surface area contributed by atoms with E-state index in [9.17, 15) is 14.7 Å². The van der Waals surface area contributed by atoms with Crippen LogP contribution in [0, 0.1) is 0 Å². The number of likely N-dealkylation sites (tertiary alicyclic amines) is 1. The smallest absolute Gasteiger partial charge is 0.295 e. The number of rotatable bonds is 9. The van der Waals surface area contributed by atoms with Gasteiger partial charge in [0.15, 0.2) is 0 Å². The van der Waals surface area contributed by atoms with Crippen LogP contribution in [0.4, 0.5) is 0 Å². The molecule has 7 nitrogen and oxygen atoms in total. The average molecular weight is 497 g/mol. The van der Waals surface area contributed by atoms with Crippen LogP contribution < -0.4 is 4.74 Å². The Hall–Kier alpha value is -3.13. The topological polar surface area (TPSA) is 79.3 Å². The lowest BCUT2D eigenvalue weighted by Crippen LogP contribution is -2.38. The standard InChI is InChI=1S/C27H29ClN2O5/c1-2-15-35-22-9-7-19(8-10-22)25(31)23-24(20-5-3-6-21(28)18-20)30(27(33)26(23)32)12-4-11-29-13-16-34-17-14-29/h2-3,5-10,18,24,31H,1,4,11-17H2/b25-23-. The molecular weight excluding hydrogens is 468 g/mol. The molecule has 35 heavy (non-hydrogen) atoms. The highest BCUT2D eigenvalue weighted by molar-refractivity contribution is 6.46. The predicted octanol–water partition coefficient (Wildman–Crippen LogP) is 4.05. The van der Waals surface area contributed by atoms with Crippen molar-refractivity contribution in [2.45, 2.75) is 12.5 Å². The summed E-state index contributed by atoms with van der Waals surface area (Å²) >= 11 is 6.25. The Bertz CT molecular complexity index is 1110. The number of halogens is 1. The summed E-state index contributed by atoms with van der Waals surface area (Å²) < 4.78 is 10.9. The number of morpholine rings is 1. The fourth-order valence-corrected chi connectivity index (χ4v) is 4.64. The van der Waals surface area contributed by atoms with Gasteiger partial charge in [-0.05, 0) is 48.4 Å². The molecule has 2 aliphatic rings. The summed E-state index contributed by atoms with van der Waals surface area (Å²) in [5, 5.41) is 11.7. The van der Waals surface area contributed by atoms with Gasteiger partial charge in [0.25, 0.3) is 11.7 Å². The van der Waals surface area contributed by atoms with Crippen molar-refractivity contribution in [3.8, 4) is 5.75 Å². The van der Waals surface area contributed by atoms with E-state index in [1.807, 2.05) is 6.07 Å². The van der Waals surface area contributed by atoms with Crippen molar-refractivity contribution < 1.29 is 24.2 Å². The molecular formula is C27H29ClN2O5. The number of ether oxygens (including phenoxy) is 2. The molecule has 0 aliphatic carbocycles. The lowest BCUT2D eigenvalue weighted by atomic mass is 9.95. The number of carbonyl (C=O) groups excluding carboxylic acids is 2. The molecule has 1 amide bonds. The third-order valence-electron chi connectivity index (χ3n) is 6.18. The van der Waals surface area contributed by atoms with Crippen LogP contribution in [0.1, 0.15) is 23.6 Å². The largest absolute Gasteiger partial charge is 0.507 e. The lowest BCUT2D eigenvalue weighted by molar-refractivity contribution is -0.140. The van der Waals surface area contributed by atoms with Crippen molar-refractivity contribution in [2.24, 2.45) is 0 Å². The van der Waals surface area contributed by atoms with Crippen LogP contribution in [0.15, 0.2) is 66.8 Å². The normalized spacial score (nSPS) is 20.3. The van der Waals surface area contributed by atoms with Gasteiger partial charge in [-0.3, -0.25) is 14.5 Å². The number of Topliss-reactive ketones (excluding diaryl/α,β-unsaturated/α-hetero) is 1. The van der Waals surface area contributed by atoms with E-state index < -0.39 is 17.7 Å². The maximum absolute atomic E-state index is 13.2. The Morgan fingerprint density at radius 2 is 1.89 bits per heavy atom. The monoisotopic (exact) mass is 496 g/mol.